The fourth-order valence-corrected chi connectivity index (χ4v) is 4.21. The lowest BCUT2D eigenvalue weighted by Crippen LogP contribution is -2.09. The van der Waals surface area contributed by atoms with Crippen LogP contribution in [-0.4, -0.2) is 19.4 Å². The molecule has 0 aliphatic carbocycles. The van der Waals surface area contributed by atoms with Crippen LogP contribution in [0.25, 0.3) is 0 Å². The zero-order valence-corrected chi connectivity index (χ0v) is 22.1. The Morgan fingerprint density at radius 3 is 0.938 bits per heavy atom. The standard InChI is InChI=1S/C29H58O3/c1-3-5-7-8-9-10-11-12-13-14-15-16-17-18-19-20-21-22-23-24-25-26-28-32-29(30)31-27-6-4-2/h3-28H2,1-2H3. The van der Waals surface area contributed by atoms with Gasteiger partial charge in [0, 0.05) is 0 Å². The number of hydrogen-bond acceptors (Lipinski definition) is 3. The Morgan fingerprint density at radius 2 is 0.625 bits per heavy atom. The van der Waals surface area contributed by atoms with Gasteiger partial charge in [0.1, 0.15) is 0 Å². The van der Waals surface area contributed by atoms with E-state index < -0.39 is 6.16 Å². The second-order valence-corrected chi connectivity index (χ2v) is 9.73. The van der Waals surface area contributed by atoms with Crippen LogP contribution >= 0.6 is 0 Å². The lowest BCUT2D eigenvalue weighted by atomic mass is 10.0. The van der Waals surface area contributed by atoms with Crippen molar-refractivity contribution in [3.63, 3.8) is 0 Å². The molecule has 0 aromatic carbocycles. The van der Waals surface area contributed by atoms with E-state index in [0.717, 1.165) is 25.7 Å². The Morgan fingerprint density at radius 1 is 0.375 bits per heavy atom. The molecule has 0 unspecified atom stereocenters. The van der Waals surface area contributed by atoms with Crippen molar-refractivity contribution in [3.8, 4) is 0 Å². The molecule has 0 fully saturated rings. The maximum Gasteiger partial charge on any atom is 0.508 e. The average Bonchev–Trinajstić information content (AvgIpc) is 2.79. The molecule has 32 heavy (non-hydrogen) atoms. The highest BCUT2D eigenvalue weighted by molar-refractivity contribution is 5.59. The normalized spacial score (nSPS) is 11.1. The predicted molar refractivity (Wildman–Crippen MR) is 139 cm³/mol. The summed E-state index contributed by atoms with van der Waals surface area (Å²) >= 11 is 0. The second-order valence-electron chi connectivity index (χ2n) is 9.73. The molecule has 0 atom stereocenters. The van der Waals surface area contributed by atoms with Gasteiger partial charge in [0.2, 0.25) is 0 Å². The summed E-state index contributed by atoms with van der Waals surface area (Å²) in [6.45, 7) is 5.36. The molecular formula is C29H58O3. The van der Waals surface area contributed by atoms with Crippen molar-refractivity contribution in [1.29, 1.82) is 0 Å². The van der Waals surface area contributed by atoms with Crippen LogP contribution in [-0.2, 0) is 9.47 Å². The molecule has 0 saturated carbocycles. The van der Waals surface area contributed by atoms with Gasteiger partial charge in [-0.15, -0.1) is 0 Å². The maximum absolute atomic E-state index is 11.3. The summed E-state index contributed by atoms with van der Waals surface area (Å²) in [5.41, 5.74) is 0. The monoisotopic (exact) mass is 454 g/mol. The number of carbonyl (C=O) groups excluding carboxylic acids is 1. The van der Waals surface area contributed by atoms with Gasteiger partial charge in [-0.05, 0) is 12.8 Å². The molecule has 0 bridgehead atoms. The molecule has 3 heteroatoms. The molecule has 0 N–H and O–H groups in total. The second kappa shape index (κ2) is 28.3. The molecule has 0 spiro atoms. The van der Waals surface area contributed by atoms with Gasteiger partial charge in [-0.2, -0.15) is 0 Å². The predicted octanol–water partition coefficient (Wildman–Crippen LogP) is 10.5. The summed E-state index contributed by atoms with van der Waals surface area (Å²) in [5.74, 6) is 0. The van der Waals surface area contributed by atoms with Gasteiger partial charge in [-0.1, -0.05) is 155 Å². The minimum absolute atomic E-state index is 0.481. The van der Waals surface area contributed by atoms with E-state index in [1.54, 1.807) is 0 Å². The van der Waals surface area contributed by atoms with Gasteiger partial charge in [0.25, 0.3) is 0 Å². The Bertz CT molecular complexity index is 356. The number of hydrogen-bond donors (Lipinski definition) is 0. The number of carbonyl (C=O) groups is 1. The van der Waals surface area contributed by atoms with E-state index in [1.165, 1.54) is 128 Å². The largest absolute Gasteiger partial charge is 0.508 e. The van der Waals surface area contributed by atoms with Crippen LogP contribution < -0.4 is 0 Å². The molecule has 0 radical (unpaired) electrons. The first-order valence-corrected chi connectivity index (χ1v) is 14.6. The Hall–Kier alpha value is -0.730. The number of ether oxygens (including phenoxy) is 2. The van der Waals surface area contributed by atoms with Crippen molar-refractivity contribution in [2.24, 2.45) is 0 Å². The first kappa shape index (κ1) is 31.3. The van der Waals surface area contributed by atoms with Crippen molar-refractivity contribution in [1.82, 2.24) is 0 Å². The molecule has 0 aromatic heterocycles. The Labute approximate surface area is 201 Å². The third-order valence-corrected chi connectivity index (χ3v) is 6.44. The van der Waals surface area contributed by atoms with Gasteiger partial charge in [0.05, 0.1) is 13.2 Å². The fraction of sp³-hybridized carbons (Fsp3) is 0.966. The van der Waals surface area contributed by atoms with Crippen LogP contribution in [0.1, 0.15) is 168 Å². The topological polar surface area (TPSA) is 35.5 Å². The van der Waals surface area contributed by atoms with E-state index in [-0.39, 0.29) is 0 Å². The lowest BCUT2D eigenvalue weighted by molar-refractivity contribution is 0.0532. The lowest BCUT2D eigenvalue weighted by Gasteiger charge is -2.06. The summed E-state index contributed by atoms with van der Waals surface area (Å²) in [5, 5.41) is 0. The molecule has 0 aliphatic rings. The van der Waals surface area contributed by atoms with Crippen molar-refractivity contribution in [2.75, 3.05) is 13.2 Å². The Kier molecular flexibility index (Phi) is 27.7. The highest BCUT2D eigenvalue weighted by atomic mass is 16.7. The van der Waals surface area contributed by atoms with E-state index in [2.05, 4.69) is 13.8 Å². The van der Waals surface area contributed by atoms with Crippen molar-refractivity contribution in [2.45, 2.75) is 168 Å². The minimum atomic E-state index is -0.498. The number of rotatable bonds is 26. The van der Waals surface area contributed by atoms with E-state index in [9.17, 15) is 4.79 Å². The van der Waals surface area contributed by atoms with Crippen LogP contribution in [0.4, 0.5) is 4.79 Å². The van der Waals surface area contributed by atoms with Crippen molar-refractivity contribution < 1.29 is 14.3 Å². The molecule has 192 valence electrons. The summed E-state index contributed by atoms with van der Waals surface area (Å²) < 4.78 is 10.0. The van der Waals surface area contributed by atoms with Gasteiger partial charge in [-0.25, -0.2) is 4.79 Å². The number of unbranched alkanes of at least 4 members (excludes halogenated alkanes) is 22. The zero-order valence-electron chi connectivity index (χ0n) is 22.1. The van der Waals surface area contributed by atoms with Crippen LogP contribution in [0.3, 0.4) is 0 Å². The molecule has 0 rings (SSSR count). The van der Waals surface area contributed by atoms with Gasteiger partial charge >= 0.3 is 6.16 Å². The summed E-state index contributed by atoms with van der Waals surface area (Å²) in [4.78, 5) is 11.3. The molecule has 0 saturated heterocycles. The third kappa shape index (κ3) is 27.3. The molecule has 3 nitrogen and oxygen atoms in total. The van der Waals surface area contributed by atoms with Gasteiger partial charge in [-0.3, -0.25) is 0 Å². The molecule has 0 heterocycles. The van der Waals surface area contributed by atoms with Gasteiger partial charge < -0.3 is 9.47 Å². The van der Waals surface area contributed by atoms with E-state index in [1.807, 2.05) is 0 Å². The molecule has 0 aromatic rings. The first-order valence-electron chi connectivity index (χ1n) is 14.6. The highest BCUT2D eigenvalue weighted by Gasteiger charge is 2.02. The molecule has 0 amide bonds. The van der Waals surface area contributed by atoms with Crippen molar-refractivity contribution >= 4 is 6.16 Å². The van der Waals surface area contributed by atoms with E-state index >= 15 is 0 Å². The van der Waals surface area contributed by atoms with Crippen LogP contribution in [0, 0.1) is 0 Å². The molecule has 0 aliphatic heterocycles. The summed E-state index contributed by atoms with van der Waals surface area (Å²) in [7, 11) is 0. The van der Waals surface area contributed by atoms with Crippen LogP contribution in [0.5, 0.6) is 0 Å². The smallest absolute Gasteiger partial charge is 0.434 e. The Balaban J connectivity index is 3.06. The SMILES string of the molecule is CCCCCCCCCCCCCCCCCCCCCCCCOC(=O)OCCCC. The van der Waals surface area contributed by atoms with Crippen LogP contribution in [0.15, 0.2) is 0 Å². The van der Waals surface area contributed by atoms with E-state index in [4.69, 9.17) is 9.47 Å². The highest BCUT2D eigenvalue weighted by Crippen LogP contribution is 2.15. The van der Waals surface area contributed by atoms with E-state index in [0.29, 0.717) is 13.2 Å². The quantitative estimate of drug-likeness (QED) is 0.0962. The molecular weight excluding hydrogens is 396 g/mol. The maximum atomic E-state index is 11.3. The average molecular weight is 455 g/mol. The zero-order chi connectivity index (χ0) is 23.4. The fourth-order valence-electron chi connectivity index (χ4n) is 4.21. The minimum Gasteiger partial charge on any atom is -0.434 e. The summed E-state index contributed by atoms with van der Waals surface area (Å²) in [6, 6.07) is 0. The third-order valence-electron chi connectivity index (χ3n) is 6.44. The summed E-state index contributed by atoms with van der Waals surface area (Å²) in [6.07, 6.45) is 32.0. The van der Waals surface area contributed by atoms with Crippen LogP contribution in [0.2, 0.25) is 0 Å². The first-order chi connectivity index (χ1) is 15.8. The van der Waals surface area contributed by atoms with Gasteiger partial charge in [0.15, 0.2) is 0 Å². The van der Waals surface area contributed by atoms with Crippen molar-refractivity contribution in [3.05, 3.63) is 0 Å².